The Morgan fingerprint density at radius 1 is 1.00 bits per heavy atom. The summed E-state index contributed by atoms with van der Waals surface area (Å²) >= 11 is 6.15. The van der Waals surface area contributed by atoms with E-state index < -0.39 is 5.60 Å². The minimum atomic E-state index is -0.676. The SMILES string of the molecule is OC1(c2ccccc2)CCN(C/C=C\c2ccccc2Cl)CC1. The van der Waals surface area contributed by atoms with E-state index in [4.69, 9.17) is 11.6 Å². The Labute approximate surface area is 143 Å². The summed E-state index contributed by atoms with van der Waals surface area (Å²) in [6, 6.07) is 17.9. The van der Waals surface area contributed by atoms with E-state index in [1.807, 2.05) is 54.6 Å². The van der Waals surface area contributed by atoms with Gasteiger partial charge in [-0.05, 0) is 30.0 Å². The molecule has 1 fully saturated rings. The molecule has 0 atom stereocenters. The van der Waals surface area contributed by atoms with Crippen LogP contribution in [-0.2, 0) is 5.60 Å². The molecule has 1 saturated heterocycles. The minimum absolute atomic E-state index is 0.676. The van der Waals surface area contributed by atoms with E-state index >= 15 is 0 Å². The monoisotopic (exact) mass is 327 g/mol. The Balaban J connectivity index is 1.55. The fourth-order valence-electron chi connectivity index (χ4n) is 3.08. The Hall–Kier alpha value is -1.61. The summed E-state index contributed by atoms with van der Waals surface area (Å²) < 4.78 is 0. The number of piperidine rings is 1. The quantitative estimate of drug-likeness (QED) is 0.903. The number of nitrogens with zero attached hydrogens (tertiary/aromatic N) is 1. The maximum absolute atomic E-state index is 10.8. The van der Waals surface area contributed by atoms with Gasteiger partial charge < -0.3 is 5.11 Å². The molecule has 1 N–H and O–H groups in total. The third-order valence-corrected chi connectivity index (χ3v) is 4.90. The molecular weight excluding hydrogens is 306 g/mol. The first-order chi connectivity index (χ1) is 11.2. The zero-order valence-corrected chi connectivity index (χ0v) is 13.9. The van der Waals surface area contributed by atoms with Crippen molar-refractivity contribution in [2.75, 3.05) is 19.6 Å². The molecule has 0 spiro atoms. The van der Waals surface area contributed by atoms with Gasteiger partial charge in [-0.3, -0.25) is 4.90 Å². The number of rotatable bonds is 4. The van der Waals surface area contributed by atoms with Crippen LogP contribution in [0, 0.1) is 0 Å². The summed E-state index contributed by atoms with van der Waals surface area (Å²) in [5.74, 6) is 0. The van der Waals surface area contributed by atoms with Crippen LogP contribution in [0.2, 0.25) is 5.02 Å². The lowest BCUT2D eigenvalue weighted by atomic mass is 9.84. The van der Waals surface area contributed by atoms with Crippen LogP contribution in [0.5, 0.6) is 0 Å². The normalized spacial score (nSPS) is 18.3. The molecule has 0 amide bonds. The fourth-order valence-corrected chi connectivity index (χ4v) is 3.28. The molecule has 0 radical (unpaired) electrons. The van der Waals surface area contributed by atoms with Crippen LogP contribution in [0.4, 0.5) is 0 Å². The second kappa shape index (κ2) is 7.31. The minimum Gasteiger partial charge on any atom is -0.385 e. The molecule has 1 aliphatic heterocycles. The number of benzene rings is 2. The Bertz CT molecular complexity index is 660. The van der Waals surface area contributed by atoms with Gasteiger partial charge in [0.1, 0.15) is 0 Å². The first-order valence-corrected chi connectivity index (χ1v) is 8.46. The van der Waals surface area contributed by atoms with Crippen LogP contribution in [0.1, 0.15) is 24.0 Å². The summed E-state index contributed by atoms with van der Waals surface area (Å²) in [6.45, 7) is 2.69. The van der Waals surface area contributed by atoms with Crippen molar-refractivity contribution < 1.29 is 5.11 Å². The van der Waals surface area contributed by atoms with Crippen molar-refractivity contribution in [1.82, 2.24) is 4.90 Å². The maximum atomic E-state index is 10.8. The topological polar surface area (TPSA) is 23.5 Å². The average Bonchev–Trinajstić information content (AvgIpc) is 2.59. The van der Waals surface area contributed by atoms with Gasteiger partial charge in [0, 0.05) is 24.7 Å². The number of hydrogen-bond donors (Lipinski definition) is 1. The summed E-state index contributed by atoms with van der Waals surface area (Å²) in [4.78, 5) is 2.37. The number of aliphatic hydroxyl groups is 1. The molecule has 2 aromatic rings. The molecule has 23 heavy (non-hydrogen) atoms. The molecule has 0 unspecified atom stereocenters. The molecule has 120 valence electrons. The highest BCUT2D eigenvalue weighted by Gasteiger charge is 2.33. The molecule has 1 aliphatic rings. The molecule has 2 aromatic carbocycles. The molecule has 0 aromatic heterocycles. The fraction of sp³-hybridized carbons (Fsp3) is 0.300. The van der Waals surface area contributed by atoms with E-state index in [0.717, 1.165) is 48.6 Å². The highest BCUT2D eigenvalue weighted by molar-refractivity contribution is 6.32. The Morgan fingerprint density at radius 2 is 1.65 bits per heavy atom. The second-order valence-electron chi connectivity index (χ2n) is 6.12. The molecule has 0 aliphatic carbocycles. The largest absolute Gasteiger partial charge is 0.385 e. The van der Waals surface area contributed by atoms with Crippen molar-refractivity contribution in [2.24, 2.45) is 0 Å². The van der Waals surface area contributed by atoms with Gasteiger partial charge in [0.15, 0.2) is 0 Å². The zero-order chi connectivity index (χ0) is 16.1. The molecule has 1 heterocycles. The predicted molar refractivity (Wildman–Crippen MR) is 96.5 cm³/mol. The van der Waals surface area contributed by atoms with Crippen LogP contribution < -0.4 is 0 Å². The van der Waals surface area contributed by atoms with Gasteiger partial charge in [-0.15, -0.1) is 0 Å². The molecular formula is C20H22ClNO. The Morgan fingerprint density at radius 3 is 2.35 bits per heavy atom. The number of hydrogen-bond acceptors (Lipinski definition) is 2. The highest BCUT2D eigenvalue weighted by Crippen LogP contribution is 2.32. The van der Waals surface area contributed by atoms with Gasteiger partial charge in [0.25, 0.3) is 0 Å². The maximum Gasteiger partial charge on any atom is 0.0920 e. The standard InChI is InChI=1S/C20H22ClNO/c21-19-11-5-4-7-17(19)8-6-14-22-15-12-20(23,13-16-22)18-9-2-1-3-10-18/h1-11,23H,12-16H2/b8-6-. The number of likely N-dealkylation sites (tertiary alicyclic amines) is 1. The average molecular weight is 328 g/mol. The lowest BCUT2D eigenvalue weighted by Gasteiger charge is -2.38. The van der Waals surface area contributed by atoms with Gasteiger partial charge in [-0.2, -0.15) is 0 Å². The molecule has 0 bridgehead atoms. The summed E-state index contributed by atoms with van der Waals surface area (Å²) in [5, 5.41) is 11.6. The van der Waals surface area contributed by atoms with Gasteiger partial charge in [-0.1, -0.05) is 72.3 Å². The van der Waals surface area contributed by atoms with Gasteiger partial charge >= 0.3 is 0 Å². The lowest BCUT2D eigenvalue weighted by molar-refractivity contribution is -0.0233. The smallest absolute Gasteiger partial charge is 0.0920 e. The van der Waals surface area contributed by atoms with E-state index in [1.54, 1.807) is 0 Å². The van der Waals surface area contributed by atoms with Crippen LogP contribution in [-0.4, -0.2) is 29.6 Å². The van der Waals surface area contributed by atoms with Gasteiger partial charge in [0.05, 0.1) is 5.60 Å². The van der Waals surface area contributed by atoms with Crippen molar-refractivity contribution in [3.63, 3.8) is 0 Å². The third-order valence-electron chi connectivity index (χ3n) is 4.56. The molecule has 2 nitrogen and oxygen atoms in total. The summed E-state index contributed by atoms with van der Waals surface area (Å²) in [7, 11) is 0. The zero-order valence-electron chi connectivity index (χ0n) is 13.2. The Kier molecular flexibility index (Phi) is 5.16. The molecule has 3 rings (SSSR count). The van der Waals surface area contributed by atoms with Gasteiger partial charge in [0.2, 0.25) is 0 Å². The summed E-state index contributed by atoms with van der Waals surface area (Å²) in [5.41, 5.74) is 1.41. The third kappa shape index (κ3) is 4.03. The van der Waals surface area contributed by atoms with Crippen molar-refractivity contribution in [3.05, 3.63) is 76.8 Å². The van der Waals surface area contributed by atoms with E-state index in [9.17, 15) is 5.11 Å². The predicted octanol–water partition coefficient (Wildman–Crippen LogP) is 4.34. The second-order valence-corrected chi connectivity index (χ2v) is 6.53. The lowest BCUT2D eigenvalue weighted by Crippen LogP contribution is -2.42. The molecule has 3 heteroatoms. The van der Waals surface area contributed by atoms with E-state index in [-0.39, 0.29) is 0 Å². The molecule has 0 saturated carbocycles. The van der Waals surface area contributed by atoms with Crippen LogP contribution in [0.3, 0.4) is 0 Å². The van der Waals surface area contributed by atoms with Crippen molar-refractivity contribution in [1.29, 1.82) is 0 Å². The van der Waals surface area contributed by atoms with Crippen molar-refractivity contribution in [3.8, 4) is 0 Å². The van der Waals surface area contributed by atoms with Crippen LogP contribution in [0.15, 0.2) is 60.7 Å². The van der Waals surface area contributed by atoms with Crippen LogP contribution in [0.25, 0.3) is 6.08 Å². The summed E-state index contributed by atoms with van der Waals surface area (Å²) in [6.07, 6.45) is 5.77. The van der Waals surface area contributed by atoms with Crippen molar-refractivity contribution >= 4 is 17.7 Å². The van der Waals surface area contributed by atoms with Gasteiger partial charge in [-0.25, -0.2) is 0 Å². The number of halogens is 1. The van der Waals surface area contributed by atoms with E-state index in [1.165, 1.54) is 0 Å². The first-order valence-electron chi connectivity index (χ1n) is 8.09. The van der Waals surface area contributed by atoms with Crippen LogP contribution >= 0.6 is 11.6 Å². The van der Waals surface area contributed by atoms with Crippen molar-refractivity contribution in [2.45, 2.75) is 18.4 Å². The van der Waals surface area contributed by atoms with E-state index in [0.29, 0.717) is 0 Å². The van der Waals surface area contributed by atoms with E-state index in [2.05, 4.69) is 17.1 Å². The highest BCUT2D eigenvalue weighted by atomic mass is 35.5. The first kappa shape index (κ1) is 16.3.